The minimum Gasteiger partial charge on any atom is -0.374 e. The smallest absolute Gasteiger partial charge is 0.110 e. The molecule has 4 heteroatoms. The van der Waals surface area contributed by atoms with Crippen molar-refractivity contribution in [1.82, 2.24) is 9.55 Å². The van der Waals surface area contributed by atoms with Crippen molar-refractivity contribution in [2.45, 2.75) is 45.3 Å². The lowest BCUT2D eigenvalue weighted by atomic mass is 9.91. The first kappa shape index (κ1) is 13.2. The Hall–Kier alpha value is -0.870. The van der Waals surface area contributed by atoms with E-state index in [1.54, 1.807) is 6.20 Å². The van der Waals surface area contributed by atoms with E-state index < -0.39 is 0 Å². The summed E-state index contributed by atoms with van der Waals surface area (Å²) >= 11 is 0. The molecule has 1 rings (SSSR count). The maximum Gasteiger partial charge on any atom is 0.110 e. The van der Waals surface area contributed by atoms with E-state index in [2.05, 4.69) is 18.8 Å². The number of nitrogens with zero attached hydrogens (tertiary/aromatic N) is 2. The van der Waals surface area contributed by atoms with Crippen LogP contribution in [0.25, 0.3) is 0 Å². The summed E-state index contributed by atoms with van der Waals surface area (Å²) in [6, 6.07) is -0.0291. The van der Waals surface area contributed by atoms with Gasteiger partial charge in [0.2, 0.25) is 0 Å². The molecule has 0 spiro atoms. The summed E-state index contributed by atoms with van der Waals surface area (Å²) in [5.41, 5.74) is 5.97. The molecule has 0 aliphatic rings. The van der Waals surface area contributed by atoms with Gasteiger partial charge in [0.05, 0.1) is 5.60 Å². The van der Waals surface area contributed by atoms with Crippen LogP contribution in [0.15, 0.2) is 12.4 Å². The maximum atomic E-state index is 6.23. The van der Waals surface area contributed by atoms with Crippen LogP contribution in [0.5, 0.6) is 0 Å². The second-order valence-electron chi connectivity index (χ2n) is 4.36. The highest BCUT2D eigenvalue weighted by molar-refractivity contribution is 4.99. The first-order valence-corrected chi connectivity index (χ1v) is 5.89. The third-order valence-corrected chi connectivity index (χ3v) is 3.28. The summed E-state index contributed by atoms with van der Waals surface area (Å²) in [6.07, 6.45) is 5.39. The summed E-state index contributed by atoms with van der Waals surface area (Å²) < 4.78 is 7.77. The number of aromatic nitrogens is 2. The van der Waals surface area contributed by atoms with Crippen LogP contribution < -0.4 is 5.73 Å². The summed E-state index contributed by atoms with van der Waals surface area (Å²) in [5, 5.41) is 0. The van der Waals surface area contributed by atoms with E-state index in [0.717, 1.165) is 18.7 Å². The van der Waals surface area contributed by atoms with E-state index in [1.807, 2.05) is 24.7 Å². The largest absolute Gasteiger partial charge is 0.374 e. The number of hydrogen-bond donors (Lipinski definition) is 1. The number of nitrogens with two attached hydrogens (primary N) is 1. The average molecular weight is 225 g/mol. The van der Waals surface area contributed by atoms with Gasteiger partial charge in [-0.2, -0.15) is 0 Å². The van der Waals surface area contributed by atoms with Crippen LogP contribution in [-0.2, 0) is 18.2 Å². The molecule has 16 heavy (non-hydrogen) atoms. The van der Waals surface area contributed by atoms with Crippen molar-refractivity contribution in [3.63, 3.8) is 0 Å². The lowest BCUT2D eigenvalue weighted by Gasteiger charge is -2.34. The highest BCUT2D eigenvalue weighted by Crippen LogP contribution is 2.21. The number of ether oxygens (including phenoxy) is 1. The van der Waals surface area contributed by atoms with Crippen LogP contribution in [0.3, 0.4) is 0 Å². The molecule has 0 radical (unpaired) electrons. The van der Waals surface area contributed by atoms with E-state index >= 15 is 0 Å². The van der Waals surface area contributed by atoms with Crippen LogP contribution in [0, 0.1) is 0 Å². The Bertz CT molecular complexity index is 324. The second kappa shape index (κ2) is 5.46. The molecule has 0 aliphatic carbocycles. The minimum atomic E-state index is -0.263. The number of rotatable bonds is 6. The molecule has 0 bridgehead atoms. The molecule has 2 N–H and O–H groups in total. The normalized spacial score (nSPS) is 17.1. The Kier molecular flexibility index (Phi) is 4.50. The molecule has 0 aliphatic heterocycles. The van der Waals surface area contributed by atoms with Crippen molar-refractivity contribution in [3.8, 4) is 0 Å². The zero-order chi connectivity index (χ0) is 12.2. The second-order valence-corrected chi connectivity index (χ2v) is 4.36. The van der Waals surface area contributed by atoms with Crippen molar-refractivity contribution in [2.24, 2.45) is 12.8 Å². The Morgan fingerprint density at radius 2 is 2.25 bits per heavy atom. The fourth-order valence-corrected chi connectivity index (χ4v) is 1.81. The van der Waals surface area contributed by atoms with Crippen LogP contribution in [-0.4, -0.2) is 27.8 Å². The van der Waals surface area contributed by atoms with Crippen molar-refractivity contribution < 1.29 is 4.74 Å². The molecule has 92 valence electrons. The fraction of sp³-hybridized carbons (Fsp3) is 0.750. The van der Waals surface area contributed by atoms with Gasteiger partial charge in [0.25, 0.3) is 0 Å². The standard InChI is InChI=1S/C12H23N3O/c1-5-12(3,16-6-2)10(13)9-11-14-7-8-15(11)4/h7-8,10H,5-6,9,13H2,1-4H3. The molecule has 1 aromatic heterocycles. The van der Waals surface area contributed by atoms with E-state index in [1.165, 1.54) is 0 Å². The Labute approximate surface area is 97.8 Å². The predicted molar refractivity (Wildman–Crippen MR) is 65.2 cm³/mol. The van der Waals surface area contributed by atoms with Crippen LogP contribution in [0.4, 0.5) is 0 Å². The molecule has 0 amide bonds. The number of hydrogen-bond acceptors (Lipinski definition) is 3. The summed E-state index contributed by atoms with van der Waals surface area (Å²) in [6.45, 7) is 6.87. The molecule has 2 unspecified atom stereocenters. The van der Waals surface area contributed by atoms with Gasteiger partial charge in [-0.15, -0.1) is 0 Å². The molecule has 1 aromatic rings. The van der Waals surface area contributed by atoms with Gasteiger partial charge >= 0.3 is 0 Å². The van der Waals surface area contributed by atoms with Crippen LogP contribution >= 0.6 is 0 Å². The maximum absolute atomic E-state index is 6.23. The van der Waals surface area contributed by atoms with E-state index in [0.29, 0.717) is 6.61 Å². The van der Waals surface area contributed by atoms with Gasteiger partial charge in [-0.05, 0) is 20.3 Å². The van der Waals surface area contributed by atoms with Crippen molar-refractivity contribution in [3.05, 3.63) is 18.2 Å². The minimum absolute atomic E-state index is 0.0291. The molecule has 1 heterocycles. The highest BCUT2D eigenvalue weighted by Gasteiger charge is 2.31. The van der Waals surface area contributed by atoms with Crippen LogP contribution in [0.1, 0.15) is 33.0 Å². The van der Waals surface area contributed by atoms with Gasteiger partial charge in [-0.3, -0.25) is 0 Å². The van der Waals surface area contributed by atoms with Gasteiger partial charge in [0.15, 0.2) is 0 Å². The van der Waals surface area contributed by atoms with Gasteiger partial charge < -0.3 is 15.0 Å². The van der Waals surface area contributed by atoms with Crippen molar-refractivity contribution in [2.75, 3.05) is 6.61 Å². The lowest BCUT2D eigenvalue weighted by molar-refractivity contribution is -0.0466. The summed E-state index contributed by atoms with van der Waals surface area (Å²) in [5.74, 6) is 1.01. The third-order valence-electron chi connectivity index (χ3n) is 3.28. The molecular weight excluding hydrogens is 202 g/mol. The predicted octanol–water partition coefficient (Wildman–Crippen LogP) is 1.50. The zero-order valence-electron chi connectivity index (χ0n) is 10.7. The van der Waals surface area contributed by atoms with Crippen molar-refractivity contribution in [1.29, 1.82) is 0 Å². The fourth-order valence-electron chi connectivity index (χ4n) is 1.81. The molecular formula is C12H23N3O. The zero-order valence-corrected chi connectivity index (χ0v) is 10.7. The van der Waals surface area contributed by atoms with Crippen LogP contribution in [0.2, 0.25) is 0 Å². The molecule has 2 atom stereocenters. The topological polar surface area (TPSA) is 53.1 Å². The van der Waals surface area contributed by atoms with E-state index in [9.17, 15) is 0 Å². The summed E-state index contributed by atoms with van der Waals surface area (Å²) in [7, 11) is 1.99. The molecule has 0 fully saturated rings. The first-order chi connectivity index (χ1) is 7.53. The Morgan fingerprint density at radius 3 is 2.69 bits per heavy atom. The van der Waals surface area contributed by atoms with Gasteiger partial charge in [0, 0.05) is 38.5 Å². The first-order valence-electron chi connectivity index (χ1n) is 5.89. The number of imidazole rings is 1. The van der Waals surface area contributed by atoms with E-state index in [4.69, 9.17) is 10.5 Å². The quantitative estimate of drug-likeness (QED) is 0.798. The van der Waals surface area contributed by atoms with Gasteiger partial charge in [0.1, 0.15) is 5.82 Å². The van der Waals surface area contributed by atoms with Gasteiger partial charge in [-0.25, -0.2) is 4.98 Å². The third kappa shape index (κ3) is 2.83. The Balaban J connectivity index is 2.69. The summed E-state index contributed by atoms with van der Waals surface area (Å²) in [4.78, 5) is 4.29. The SMILES string of the molecule is CCOC(C)(CC)C(N)Cc1nccn1C. The monoisotopic (exact) mass is 225 g/mol. The molecule has 0 saturated heterocycles. The average Bonchev–Trinajstić information content (AvgIpc) is 2.64. The Morgan fingerprint density at radius 1 is 1.56 bits per heavy atom. The lowest BCUT2D eigenvalue weighted by Crippen LogP contribution is -2.49. The highest BCUT2D eigenvalue weighted by atomic mass is 16.5. The number of aryl methyl sites for hydroxylation is 1. The molecule has 0 saturated carbocycles. The van der Waals surface area contributed by atoms with E-state index in [-0.39, 0.29) is 11.6 Å². The molecule has 4 nitrogen and oxygen atoms in total. The van der Waals surface area contributed by atoms with Crippen molar-refractivity contribution >= 4 is 0 Å². The van der Waals surface area contributed by atoms with Gasteiger partial charge in [-0.1, -0.05) is 6.92 Å². The molecule has 0 aromatic carbocycles.